The Labute approximate surface area is 57.0 Å². The monoisotopic (exact) mass is 126 g/mol. The molecular formula is C8H14O. The van der Waals surface area contributed by atoms with E-state index in [1.807, 2.05) is 26.0 Å². The Morgan fingerprint density at radius 3 is 2.56 bits per heavy atom. The van der Waals surface area contributed by atoms with Gasteiger partial charge in [-0.05, 0) is 20.3 Å². The summed E-state index contributed by atoms with van der Waals surface area (Å²) in [6.45, 7) is 4.74. The topological polar surface area (TPSA) is 9.23 Å². The summed E-state index contributed by atoms with van der Waals surface area (Å²) in [5, 5.41) is 0. The van der Waals surface area contributed by atoms with Crippen LogP contribution in [-0.2, 0) is 4.74 Å². The van der Waals surface area contributed by atoms with Gasteiger partial charge in [-0.25, -0.2) is 0 Å². The highest BCUT2D eigenvalue weighted by atomic mass is 16.5. The van der Waals surface area contributed by atoms with Gasteiger partial charge in [0.15, 0.2) is 0 Å². The molecule has 0 N–H and O–H groups in total. The maximum absolute atomic E-state index is 5.05. The number of rotatable bonds is 4. The van der Waals surface area contributed by atoms with E-state index in [0.29, 0.717) is 0 Å². The molecular weight excluding hydrogens is 112 g/mol. The smallest absolute Gasteiger partial charge is 0.0907 e. The third kappa shape index (κ3) is 7.28. The number of hydrogen-bond acceptors (Lipinski definition) is 1. The van der Waals surface area contributed by atoms with E-state index in [4.69, 9.17) is 4.74 Å². The minimum Gasteiger partial charge on any atom is -0.501 e. The van der Waals surface area contributed by atoms with E-state index in [-0.39, 0.29) is 0 Å². The first-order chi connectivity index (χ1) is 4.41. The number of allylic oxidation sites excluding steroid dienone is 2. The van der Waals surface area contributed by atoms with Crippen molar-refractivity contribution in [2.24, 2.45) is 0 Å². The van der Waals surface area contributed by atoms with E-state index < -0.39 is 0 Å². The van der Waals surface area contributed by atoms with Crippen LogP contribution in [0.15, 0.2) is 24.5 Å². The maximum atomic E-state index is 5.05. The van der Waals surface area contributed by atoms with Crippen LogP contribution in [0.3, 0.4) is 0 Å². The highest BCUT2D eigenvalue weighted by Crippen LogP contribution is 1.85. The molecule has 0 radical (unpaired) electrons. The number of hydrogen-bond donors (Lipinski definition) is 0. The highest BCUT2D eigenvalue weighted by Gasteiger charge is 1.74. The molecule has 0 aliphatic rings. The highest BCUT2D eigenvalue weighted by molar-refractivity contribution is 4.76. The van der Waals surface area contributed by atoms with Crippen molar-refractivity contribution in [1.82, 2.24) is 0 Å². The summed E-state index contributed by atoms with van der Waals surface area (Å²) in [4.78, 5) is 0. The molecule has 0 rings (SSSR count). The van der Waals surface area contributed by atoms with E-state index in [2.05, 4.69) is 6.08 Å². The van der Waals surface area contributed by atoms with Crippen molar-refractivity contribution in [2.45, 2.75) is 20.3 Å². The maximum Gasteiger partial charge on any atom is 0.0907 e. The van der Waals surface area contributed by atoms with E-state index in [0.717, 1.165) is 13.0 Å². The molecule has 0 aromatic carbocycles. The van der Waals surface area contributed by atoms with Gasteiger partial charge in [0.25, 0.3) is 0 Å². The molecule has 0 spiro atoms. The Morgan fingerprint density at radius 2 is 2.00 bits per heavy atom. The third-order valence-corrected chi connectivity index (χ3v) is 0.870. The molecule has 0 saturated carbocycles. The lowest BCUT2D eigenvalue weighted by Gasteiger charge is -1.93. The van der Waals surface area contributed by atoms with Gasteiger partial charge in [-0.2, -0.15) is 0 Å². The minimum absolute atomic E-state index is 0.786. The van der Waals surface area contributed by atoms with E-state index in [9.17, 15) is 0 Å². The average molecular weight is 126 g/mol. The lowest BCUT2D eigenvalue weighted by molar-refractivity contribution is 0.255. The second-order valence-electron chi connectivity index (χ2n) is 1.70. The van der Waals surface area contributed by atoms with Crippen molar-refractivity contribution in [2.75, 3.05) is 6.61 Å². The molecule has 0 bridgehead atoms. The first kappa shape index (κ1) is 8.28. The van der Waals surface area contributed by atoms with Gasteiger partial charge in [-0.3, -0.25) is 0 Å². The lowest BCUT2D eigenvalue weighted by atomic mass is 10.4. The predicted octanol–water partition coefficient (Wildman–Crippen LogP) is 2.50. The molecule has 0 aliphatic heterocycles. The largest absolute Gasteiger partial charge is 0.501 e. The molecule has 0 aromatic rings. The van der Waals surface area contributed by atoms with Crippen molar-refractivity contribution < 1.29 is 4.74 Å². The Hall–Kier alpha value is -0.720. The van der Waals surface area contributed by atoms with Gasteiger partial charge in [-0.15, -0.1) is 0 Å². The van der Waals surface area contributed by atoms with Crippen molar-refractivity contribution in [3.63, 3.8) is 0 Å². The second-order valence-corrected chi connectivity index (χ2v) is 1.70. The zero-order chi connectivity index (χ0) is 6.95. The van der Waals surface area contributed by atoms with Crippen molar-refractivity contribution in [3.05, 3.63) is 24.5 Å². The molecule has 1 nitrogen and oxygen atoms in total. The van der Waals surface area contributed by atoms with Crippen molar-refractivity contribution in [3.8, 4) is 0 Å². The predicted molar refractivity (Wildman–Crippen MR) is 40.2 cm³/mol. The van der Waals surface area contributed by atoms with E-state index in [1.54, 1.807) is 6.26 Å². The molecule has 0 heterocycles. The fourth-order valence-electron chi connectivity index (χ4n) is 0.467. The Bertz CT molecular complexity index is 80.7. The molecule has 0 aromatic heterocycles. The molecule has 0 atom stereocenters. The summed E-state index contributed by atoms with van der Waals surface area (Å²) in [7, 11) is 0. The zero-order valence-electron chi connectivity index (χ0n) is 6.13. The minimum atomic E-state index is 0.786. The van der Waals surface area contributed by atoms with Gasteiger partial charge in [0.05, 0.1) is 12.9 Å². The van der Waals surface area contributed by atoms with E-state index in [1.165, 1.54) is 0 Å². The van der Waals surface area contributed by atoms with Gasteiger partial charge < -0.3 is 4.74 Å². The molecule has 0 amide bonds. The van der Waals surface area contributed by atoms with Crippen LogP contribution in [0.1, 0.15) is 20.3 Å². The Balaban J connectivity index is 2.91. The molecule has 9 heavy (non-hydrogen) atoms. The van der Waals surface area contributed by atoms with Crippen LogP contribution in [-0.4, -0.2) is 6.61 Å². The Kier molecular flexibility index (Phi) is 6.70. The van der Waals surface area contributed by atoms with Crippen molar-refractivity contribution in [1.29, 1.82) is 0 Å². The molecule has 52 valence electrons. The fraction of sp³-hybridized carbons (Fsp3) is 0.500. The zero-order valence-corrected chi connectivity index (χ0v) is 6.13. The normalized spacial score (nSPS) is 11.3. The summed E-state index contributed by atoms with van der Waals surface area (Å²) in [5.41, 5.74) is 0. The average Bonchev–Trinajstić information content (AvgIpc) is 1.89. The Morgan fingerprint density at radius 1 is 1.22 bits per heavy atom. The van der Waals surface area contributed by atoms with Crippen LogP contribution in [0.5, 0.6) is 0 Å². The summed E-state index contributed by atoms with van der Waals surface area (Å²) in [6.07, 6.45) is 8.71. The fourth-order valence-corrected chi connectivity index (χ4v) is 0.467. The van der Waals surface area contributed by atoms with Crippen LogP contribution in [0.25, 0.3) is 0 Å². The molecule has 0 unspecified atom stereocenters. The van der Waals surface area contributed by atoms with Gasteiger partial charge in [0.1, 0.15) is 0 Å². The molecule has 0 aliphatic carbocycles. The van der Waals surface area contributed by atoms with Gasteiger partial charge in [-0.1, -0.05) is 18.2 Å². The molecule has 0 fully saturated rings. The van der Waals surface area contributed by atoms with Gasteiger partial charge in [0.2, 0.25) is 0 Å². The first-order valence-corrected chi connectivity index (χ1v) is 3.25. The van der Waals surface area contributed by atoms with Crippen LogP contribution >= 0.6 is 0 Å². The SMILES string of the molecule is C/C=C/CCO/C=C/C. The van der Waals surface area contributed by atoms with E-state index >= 15 is 0 Å². The first-order valence-electron chi connectivity index (χ1n) is 3.25. The van der Waals surface area contributed by atoms with Gasteiger partial charge in [0, 0.05) is 0 Å². The molecule has 0 saturated heterocycles. The second kappa shape index (κ2) is 7.28. The standard InChI is InChI=1S/C8H14O/c1-3-5-6-8-9-7-4-2/h3-5,7H,6,8H2,1-2H3/b5-3+,7-4+. The summed E-state index contributed by atoms with van der Waals surface area (Å²) < 4.78 is 5.05. The van der Waals surface area contributed by atoms with Crippen molar-refractivity contribution >= 4 is 0 Å². The number of ether oxygens (including phenoxy) is 1. The van der Waals surface area contributed by atoms with Crippen LogP contribution in [0.4, 0.5) is 0 Å². The van der Waals surface area contributed by atoms with Crippen LogP contribution < -0.4 is 0 Å². The van der Waals surface area contributed by atoms with Crippen LogP contribution in [0.2, 0.25) is 0 Å². The lowest BCUT2D eigenvalue weighted by Crippen LogP contribution is -1.82. The van der Waals surface area contributed by atoms with Crippen LogP contribution in [0, 0.1) is 0 Å². The molecule has 1 heteroatoms. The van der Waals surface area contributed by atoms with Gasteiger partial charge >= 0.3 is 0 Å². The summed E-state index contributed by atoms with van der Waals surface area (Å²) in [5.74, 6) is 0. The summed E-state index contributed by atoms with van der Waals surface area (Å²) in [6, 6.07) is 0. The third-order valence-electron chi connectivity index (χ3n) is 0.870. The quantitative estimate of drug-likeness (QED) is 0.319. The summed E-state index contributed by atoms with van der Waals surface area (Å²) >= 11 is 0.